The highest BCUT2D eigenvalue weighted by molar-refractivity contribution is 6.00. The lowest BCUT2D eigenvalue weighted by Crippen LogP contribution is -2.12. The molecule has 78 valence electrons. The summed E-state index contributed by atoms with van der Waals surface area (Å²) in [6.07, 6.45) is 1.60. The van der Waals surface area contributed by atoms with Crippen molar-refractivity contribution in [1.29, 1.82) is 0 Å². The van der Waals surface area contributed by atoms with Crippen LogP contribution in [0.3, 0.4) is 0 Å². The van der Waals surface area contributed by atoms with Crippen LogP contribution < -0.4 is 0 Å². The summed E-state index contributed by atoms with van der Waals surface area (Å²) < 4.78 is 1.49. The molecule has 2 heterocycles. The first-order valence-corrected chi connectivity index (χ1v) is 4.67. The number of nitrogens with zero attached hydrogens (tertiary/aromatic N) is 3. The maximum Gasteiger partial charge on any atom is 0.354 e. The van der Waals surface area contributed by atoms with Crippen LogP contribution in [0.5, 0.6) is 0 Å². The number of aromatic carboxylic acids is 1. The van der Waals surface area contributed by atoms with E-state index in [9.17, 15) is 4.79 Å². The van der Waals surface area contributed by atoms with Gasteiger partial charge in [0.25, 0.3) is 0 Å². The van der Waals surface area contributed by atoms with E-state index in [1.165, 1.54) is 4.68 Å². The highest BCUT2D eigenvalue weighted by Gasteiger charge is 2.19. The van der Waals surface area contributed by atoms with Gasteiger partial charge in [0.05, 0.1) is 5.39 Å². The van der Waals surface area contributed by atoms with Crippen molar-refractivity contribution >= 4 is 17.0 Å². The second-order valence-electron chi connectivity index (χ2n) is 3.57. The molecule has 0 aliphatic heterocycles. The number of aromatic nitrogens is 3. The smallest absolute Gasteiger partial charge is 0.354 e. The molecule has 1 N–H and O–H groups in total. The average molecular weight is 205 g/mol. The molecular weight excluding hydrogens is 194 g/mol. The van der Waals surface area contributed by atoms with E-state index in [-0.39, 0.29) is 11.7 Å². The molecule has 0 spiro atoms. The Hall–Kier alpha value is -1.91. The van der Waals surface area contributed by atoms with Crippen molar-refractivity contribution in [1.82, 2.24) is 14.8 Å². The van der Waals surface area contributed by atoms with E-state index in [0.29, 0.717) is 11.0 Å². The number of hydrogen-bond donors (Lipinski definition) is 1. The number of carbonyl (C=O) groups is 1. The molecule has 0 radical (unpaired) electrons. The maximum atomic E-state index is 11.1. The normalized spacial score (nSPS) is 11.1. The first-order chi connectivity index (χ1) is 7.11. The largest absolute Gasteiger partial charge is 0.477 e. The van der Waals surface area contributed by atoms with Crippen molar-refractivity contribution in [3.05, 3.63) is 24.0 Å². The second kappa shape index (κ2) is 3.34. The van der Waals surface area contributed by atoms with Gasteiger partial charge in [0, 0.05) is 12.2 Å². The van der Waals surface area contributed by atoms with Crippen LogP contribution in [0.25, 0.3) is 11.0 Å². The summed E-state index contributed by atoms with van der Waals surface area (Å²) in [4.78, 5) is 15.1. The first-order valence-electron chi connectivity index (χ1n) is 4.67. The third kappa shape index (κ3) is 1.45. The standard InChI is InChI=1S/C10H11N3O2/c1-6(2)13-8(10(14)15)7-4-3-5-11-9(7)12-13/h3-6H,1-2H3,(H,14,15). The Labute approximate surface area is 86.4 Å². The van der Waals surface area contributed by atoms with Crippen LogP contribution in [0.2, 0.25) is 0 Å². The van der Waals surface area contributed by atoms with Crippen molar-refractivity contribution < 1.29 is 9.90 Å². The van der Waals surface area contributed by atoms with Crippen LogP contribution in [0, 0.1) is 0 Å². The lowest BCUT2D eigenvalue weighted by atomic mass is 10.2. The molecule has 0 bridgehead atoms. The summed E-state index contributed by atoms with van der Waals surface area (Å²) in [6.45, 7) is 3.77. The maximum absolute atomic E-state index is 11.1. The van der Waals surface area contributed by atoms with Gasteiger partial charge in [-0.1, -0.05) is 0 Å². The fraction of sp³-hybridized carbons (Fsp3) is 0.300. The van der Waals surface area contributed by atoms with Crippen LogP contribution in [0.1, 0.15) is 30.4 Å². The molecule has 0 saturated heterocycles. The van der Waals surface area contributed by atoms with E-state index in [0.717, 1.165) is 0 Å². The fourth-order valence-corrected chi connectivity index (χ4v) is 1.52. The third-order valence-corrected chi connectivity index (χ3v) is 2.17. The number of pyridine rings is 1. The quantitative estimate of drug-likeness (QED) is 0.810. The Morgan fingerprint density at radius 2 is 2.27 bits per heavy atom. The zero-order chi connectivity index (χ0) is 11.0. The lowest BCUT2D eigenvalue weighted by Gasteiger charge is -2.06. The van der Waals surface area contributed by atoms with Gasteiger partial charge in [-0.05, 0) is 26.0 Å². The molecule has 0 amide bonds. The summed E-state index contributed by atoms with van der Waals surface area (Å²) in [5, 5.41) is 13.9. The average Bonchev–Trinajstić information content (AvgIpc) is 2.56. The molecule has 0 aromatic carbocycles. The number of carboxylic acid groups (broad SMARTS) is 1. The molecule has 2 rings (SSSR count). The van der Waals surface area contributed by atoms with Gasteiger partial charge in [0.15, 0.2) is 11.3 Å². The van der Waals surface area contributed by atoms with Gasteiger partial charge >= 0.3 is 5.97 Å². The monoisotopic (exact) mass is 205 g/mol. The van der Waals surface area contributed by atoms with E-state index in [1.54, 1.807) is 18.3 Å². The highest BCUT2D eigenvalue weighted by atomic mass is 16.4. The van der Waals surface area contributed by atoms with Gasteiger partial charge in [-0.3, -0.25) is 4.68 Å². The Kier molecular flexibility index (Phi) is 2.15. The van der Waals surface area contributed by atoms with Crippen LogP contribution >= 0.6 is 0 Å². The molecular formula is C10H11N3O2. The minimum absolute atomic E-state index is 0.00491. The van der Waals surface area contributed by atoms with Gasteiger partial charge < -0.3 is 5.11 Å². The molecule has 0 fully saturated rings. The fourth-order valence-electron chi connectivity index (χ4n) is 1.52. The highest BCUT2D eigenvalue weighted by Crippen LogP contribution is 2.19. The molecule has 2 aromatic rings. The topological polar surface area (TPSA) is 68.0 Å². The minimum Gasteiger partial charge on any atom is -0.477 e. The van der Waals surface area contributed by atoms with E-state index in [4.69, 9.17) is 5.11 Å². The Morgan fingerprint density at radius 3 is 2.87 bits per heavy atom. The van der Waals surface area contributed by atoms with Gasteiger partial charge in [0.1, 0.15) is 0 Å². The molecule has 5 nitrogen and oxygen atoms in total. The minimum atomic E-state index is -0.973. The molecule has 0 saturated carbocycles. The molecule has 0 unspecified atom stereocenters. The Bertz CT molecular complexity index is 516. The van der Waals surface area contributed by atoms with Crippen LogP contribution in [-0.4, -0.2) is 25.8 Å². The first kappa shape index (κ1) is 9.64. The Balaban J connectivity index is 2.80. The predicted molar refractivity (Wildman–Crippen MR) is 54.9 cm³/mol. The summed E-state index contributed by atoms with van der Waals surface area (Å²) in [6, 6.07) is 3.43. The number of carboxylic acids is 1. The van der Waals surface area contributed by atoms with Gasteiger partial charge in [0.2, 0.25) is 0 Å². The zero-order valence-electron chi connectivity index (χ0n) is 8.51. The number of rotatable bonds is 2. The SMILES string of the molecule is CC(C)n1nc2ncccc2c1C(=O)O. The van der Waals surface area contributed by atoms with Crippen LogP contribution in [0.4, 0.5) is 0 Å². The zero-order valence-corrected chi connectivity index (χ0v) is 8.51. The van der Waals surface area contributed by atoms with Gasteiger partial charge in [-0.2, -0.15) is 5.10 Å². The summed E-state index contributed by atoms with van der Waals surface area (Å²) in [5.74, 6) is -0.973. The Morgan fingerprint density at radius 1 is 1.53 bits per heavy atom. The third-order valence-electron chi connectivity index (χ3n) is 2.17. The van der Waals surface area contributed by atoms with Crippen molar-refractivity contribution in [3.63, 3.8) is 0 Å². The van der Waals surface area contributed by atoms with E-state index in [1.807, 2.05) is 13.8 Å². The van der Waals surface area contributed by atoms with Crippen LogP contribution in [-0.2, 0) is 0 Å². The second-order valence-corrected chi connectivity index (χ2v) is 3.57. The van der Waals surface area contributed by atoms with E-state index < -0.39 is 5.97 Å². The van der Waals surface area contributed by atoms with E-state index >= 15 is 0 Å². The van der Waals surface area contributed by atoms with E-state index in [2.05, 4.69) is 10.1 Å². The lowest BCUT2D eigenvalue weighted by molar-refractivity contribution is 0.0683. The molecule has 2 aromatic heterocycles. The molecule has 15 heavy (non-hydrogen) atoms. The van der Waals surface area contributed by atoms with Crippen molar-refractivity contribution in [2.45, 2.75) is 19.9 Å². The van der Waals surface area contributed by atoms with Crippen molar-refractivity contribution in [2.75, 3.05) is 0 Å². The predicted octanol–water partition coefficient (Wildman–Crippen LogP) is 1.71. The summed E-state index contributed by atoms with van der Waals surface area (Å²) >= 11 is 0. The van der Waals surface area contributed by atoms with Crippen molar-refractivity contribution in [3.8, 4) is 0 Å². The van der Waals surface area contributed by atoms with Crippen molar-refractivity contribution in [2.24, 2.45) is 0 Å². The molecule has 5 heteroatoms. The summed E-state index contributed by atoms with van der Waals surface area (Å²) in [5.41, 5.74) is 0.678. The van der Waals surface area contributed by atoms with Crippen LogP contribution in [0.15, 0.2) is 18.3 Å². The molecule has 0 aliphatic carbocycles. The molecule has 0 aliphatic rings. The van der Waals surface area contributed by atoms with Gasteiger partial charge in [-0.25, -0.2) is 9.78 Å². The number of hydrogen-bond acceptors (Lipinski definition) is 3. The molecule has 0 atom stereocenters. The van der Waals surface area contributed by atoms with Gasteiger partial charge in [-0.15, -0.1) is 0 Å². The summed E-state index contributed by atoms with van der Waals surface area (Å²) in [7, 11) is 0. The number of fused-ring (bicyclic) bond motifs is 1.